The molecule has 1 amide bonds. The van der Waals surface area contributed by atoms with Crippen LogP contribution in [-0.4, -0.2) is 30.2 Å². The number of aryl methyl sites for hydroxylation is 2. The highest BCUT2D eigenvalue weighted by molar-refractivity contribution is 5.91. The van der Waals surface area contributed by atoms with Crippen LogP contribution in [0.3, 0.4) is 0 Å². The number of hydrogen-bond donors (Lipinski definition) is 2. The lowest BCUT2D eigenvalue weighted by Gasteiger charge is -2.23. The lowest BCUT2D eigenvalue weighted by atomic mass is 9.98. The first kappa shape index (κ1) is 35.5. The summed E-state index contributed by atoms with van der Waals surface area (Å²) in [6.45, 7) is 10.9. The molecule has 0 spiro atoms. The van der Waals surface area contributed by atoms with Gasteiger partial charge in [-0.15, -0.1) is 0 Å². The maximum Gasteiger partial charge on any atom is 0.407 e. The predicted molar refractivity (Wildman–Crippen MR) is 176 cm³/mol. The predicted octanol–water partition coefficient (Wildman–Crippen LogP) is 4.97. The van der Waals surface area contributed by atoms with Crippen LogP contribution < -0.4 is 15.7 Å². The van der Waals surface area contributed by atoms with Crippen molar-refractivity contribution in [3.8, 4) is 0 Å². The Kier molecular flexibility index (Phi) is 13.5. The van der Waals surface area contributed by atoms with E-state index < -0.39 is 29.6 Å². The lowest BCUT2D eigenvalue weighted by Crippen LogP contribution is -2.80. The SMILES string of the molecule is Cc1ccc(C(=O)OCc2ccc([C@@H](CNC(=O)OC(C)(C)C)C(=O)[O-])cc2)c(C)c1.c1ccc(C[NH2+]Cc2ccccc2)cc1. The maximum absolute atomic E-state index is 12.3. The normalized spacial score (nSPS) is 11.4. The van der Waals surface area contributed by atoms with Crippen LogP contribution in [0.2, 0.25) is 0 Å². The largest absolute Gasteiger partial charge is 0.549 e. The molecule has 0 aliphatic heterocycles. The Balaban J connectivity index is 0.000000318. The molecule has 0 radical (unpaired) electrons. The Bertz CT molecular complexity index is 1510. The van der Waals surface area contributed by atoms with Crippen LogP contribution in [0.4, 0.5) is 4.79 Å². The minimum absolute atomic E-state index is 0.0541. The molecular weight excluding hydrogens is 580 g/mol. The van der Waals surface area contributed by atoms with Crippen LogP contribution in [0.25, 0.3) is 0 Å². The summed E-state index contributed by atoms with van der Waals surface area (Å²) < 4.78 is 10.5. The van der Waals surface area contributed by atoms with E-state index in [4.69, 9.17) is 9.47 Å². The van der Waals surface area contributed by atoms with Gasteiger partial charge < -0.3 is 30.0 Å². The molecule has 46 heavy (non-hydrogen) atoms. The number of amides is 1. The molecular formula is C38H44N2O6. The van der Waals surface area contributed by atoms with E-state index in [0.717, 1.165) is 24.2 Å². The highest BCUT2D eigenvalue weighted by Crippen LogP contribution is 2.18. The van der Waals surface area contributed by atoms with E-state index in [0.29, 0.717) is 16.7 Å². The number of carbonyl (C=O) groups excluding carboxylic acids is 3. The monoisotopic (exact) mass is 624 g/mol. The van der Waals surface area contributed by atoms with E-state index in [1.165, 1.54) is 11.1 Å². The zero-order chi connectivity index (χ0) is 33.5. The summed E-state index contributed by atoms with van der Waals surface area (Å²) in [6.07, 6.45) is -0.700. The van der Waals surface area contributed by atoms with Crippen LogP contribution in [0.15, 0.2) is 103 Å². The van der Waals surface area contributed by atoms with E-state index in [2.05, 4.69) is 71.3 Å². The minimum atomic E-state index is -1.31. The van der Waals surface area contributed by atoms with Gasteiger partial charge in [0.25, 0.3) is 0 Å². The van der Waals surface area contributed by atoms with Gasteiger partial charge in [0.2, 0.25) is 0 Å². The van der Waals surface area contributed by atoms with Crippen LogP contribution in [0, 0.1) is 13.8 Å². The Morgan fingerprint density at radius 1 is 0.783 bits per heavy atom. The third-order valence-electron chi connectivity index (χ3n) is 6.93. The number of carboxylic acid groups (broad SMARTS) is 1. The number of alkyl carbamates (subject to hydrolysis) is 1. The molecule has 4 aromatic carbocycles. The topological polar surface area (TPSA) is 121 Å². The van der Waals surface area contributed by atoms with Crippen molar-refractivity contribution in [2.45, 2.75) is 65.8 Å². The van der Waals surface area contributed by atoms with Crippen LogP contribution >= 0.6 is 0 Å². The Morgan fingerprint density at radius 2 is 1.35 bits per heavy atom. The van der Waals surface area contributed by atoms with Gasteiger partial charge in [-0.2, -0.15) is 0 Å². The second-order valence-electron chi connectivity index (χ2n) is 12.1. The highest BCUT2D eigenvalue weighted by atomic mass is 16.6. The summed E-state index contributed by atoms with van der Waals surface area (Å²) in [5, 5.41) is 16.3. The molecule has 1 atom stereocenters. The van der Waals surface area contributed by atoms with Crippen molar-refractivity contribution in [1.29, 1.82) is 0 Å². The first-order valence-electron chi connectivity index (χ1n) is 15.3. The molecule has 8 nitrogen and oxygen atoms in total. The second-order valence-corrected chi connectivity index (χ2v) is 12.1. The van der Waals surface area contributed by atoms with Gasteiger partial charge in [0.15, 0.2) is 0 Å². The van der Waals surface area contributed by atoms with Crippen LogP contribution in [-0.2, 0) is 34.0 Å². The Labute approximate surface area is 271 Å². The molecule has 0 saturated heterocycles. The van der Waals surface area contributed by atoms with E-state index in [9.17, 15) is 19.5 Å². The van der Waals surface area contributed by atoms with Crippen LogP contribution in [0.5, 0.6) is 0 Å². The average Bonchev–Trinajstić information content (AvgIpc) is 3.01. The molecule has 0 aliphatic carbocycles. The summed E-state index contributed by atoms with van der Waals surface area (Å²) in [4.78, 5) is 35.6. The summed E-state index contributed by atoms with van der Waals surface area (Å²) >= 11 is 0. The van der Waals surface area contributed by atoms with E-state index in [1.54, 1.807) is 51.1 Å². The summed E-state index contributed by atoms with van der Waals surface area (Å²) in [5.74, 6) is -2.78. The fraction of sp³-hybridized carbons (Fsp3) is 0.289. The van der Waals surface area contributed by atoms with Gasteiger partial charge in [-0.05, 0) is 57.4 Å². The van der Waals surface area contributed by atoms with Crippen molar-refractivity contribution in [3.63, 3.8) is 0 Å². The van der Waals surface area contributed by atoms with Crippen molar-refractivity contribution < 1.29 is 34.3 Å². The smallest absolute Gasteiger partial charge is 0.407 e. The molecule has 4 rings (SSSR count). The van der Waals surface area contributed by atoms with Gasteiger partial charge in [0.05, 0.1) is 11.5 Å². The number of ether oxygens (including phenoxy) is 2. The molecule has 3 N–H and O–H groups in total. The molecule has 0 unspecified atom stereocenters. The Hall–Kier alpha value is -4.95. The molecule has 0 bridgehead atoms. The van der Waals surface area contributed by atoms with Gasteiger partial charge in [0.1, 0.15) is 25.3 Å². The van der Waals surface area contributed by atoms with E-state index >= 15 is 0 Å². The van der Waals surface area contributed by atoms with Crippen molar-refractivity contribution in [2.75, 3.05) is 6.54 Å². The minimum Gasteiger partial charge on any atom is -0.549 e. The number of nitrogens with one attached hydrogen (secondary N) is 1. The van der Waals surface area contributed by atoms with Gasteiger partial charge in [0, 0.05) is 23.6 Å². The second kappa shape index (κ2) is 17.5. The standard InChI is InChI=1S/C24H29NO6.C14H15N/c1-15-6-11-19(16(2)12-15)22(28)30-14-17-7-9-18(10-8-17)20(21(26)27)13-25-23(29)31-24(3,4)5;1-3-7-13(8-4-1)11-15-12-14-9-5-2-6-10-14/h6-12,20H,13-14H2,1-5H3,(H,25,29)(H,26,27);1-10,15H,11-12H2/t20-;/m1./s1. The first-order chi connectivity index (χ1) is 21.9. The molecule has 242 valence electrons. The molecule has 0 fully saturated rings. The van der Waals surface area contributed by atoms with Crippen LogP contribution in [0.1, 0.15) is 70.4 Å². The molecule has 8 heteroatoms. The third-order valence-corrected chi connectivity index (χ3v) is 6.93. The zero-order valence-corrected chi connectivity index (χ0v) is 27.2. The number of hydrogen-bond acceptors (Lipinski definition) is 6. The average molecular weight is 625 g/mol. The fourth-order valence-corrected chi connectivity index (χ4v) is 4.59. The van der Waals surface area contributed by atoms with Gasteiger partial charge in [-0.3, -0.25) is 0 Å². The molecule has 0 heterocycles. The van der Waals surface area contributed by atoms with Gasteiger partial charge in [-0.25, -0.2) is 9.59 Å². The molecule has 0 aromatic heterocycles. The van der Waals surface area contributed by atoms with Gasteiger partial charge >= 0.3 is 12.1 Å². The number of carbonyl (C=O) groups is 3. The maximum atomic E-state index is 12.3. The number of rotatable bonds is 11. The van der Waals surface area contributed by atoms with E-state index in [1.807, 2.05) is 26.0 Å². The molecule has 0 aliphatic rings. The van der Waals surface area contributed by atoms with Crippen molar-refractivity contribution in [3.05, 3.63) is 142 Å². The fourth-order valence-electron chi connectivity index (χ4n) is 4.59. The summed E-state index contributed by atoms with van der Waals surface area (Å²) in [7, 11) is 0. The number of benzene rings is 4. The highest BCUT2D eigenvalue weighted by Gasteiger charge is 2.19. The lowest BCUT2D eigenvalue weighted by molar-refractivity contribution is -0.686. The quantitative estimate of drug-likeness (QED) is 0.228. The first-order valence-corrected chi connectivity index (χ1v) is 15.3. The number of nitrogens with two attached hydrogens (primary N) is 1. The number of aliphatic carboxylic acids is 1. The van der Waals surface area contributed by atoms with E-state index in [-0.39, 0.29) is 13.2 Å². The van der Waals surface area contributed by atoms with Gasteiger partial charge in [-0.1, -0.05) is 103 Å². The molecule has 4 aromatic rings. The summed E-state index contributed by atoms with van der Waals surface area (Å²) in [5.41, 5.74) is 5.66. The van der Waals surface area contributed by atoms with Crippen molar-refractivity contribution >= 4 is 18.0 Å². The summed E-state index contributed by atoms with van der Waals surface area (Å²) in [6, 6.07) is 33.2. The molecule has 0 saturated carbocycles. The zero-order valence-electron chi connectivity index (χ0n) is 27.2. The van der Waals surface area contributed by atoms with Crippen molar-refractivity contribution in [1.82, 2.24) is 5.32 Å². The number of quaternary nitrogens is 1. The Morgan fingerprint density at radius 3 is 1.85 bits per heavy atom. The third kappa shape index (κ3) is 12.6. The number of carboxylic acids is 1. The van der Waals surface area contributed by atoms with Crippen molar-refractivity contribution in [2.24, 2.45) is 0 Å². The number of esters is 1.